The van der Waals surface area contributed by atoms with Crippen molar-refractivity contribution in [3.8, 4) is 11.5 Å². The van der Waals surface area contributed by atoms with Crippen molar-refractivity contribution >= 4 is 0 Å². The van der Waals surface area contributed by atoms with Crippen LogP contribution in [0.2, 0.25) is 0 Å². The third-order valence-corrected chi connectivity index (χ3v) is 3.21. The SMILES string of the molecule is Oc1ccc(OCCCCCCCCCC(F)(F)F)cc1. The molecule has 0 atom stereocenters. The molecule has 1 aromatic rings. The third kappa shape index (κ3) is 10.0. The quantitative estimate of drug-likeness (QED) is 0.582. The normalized spacial score (nSPS) is 11.6. The predicted molar refractivity (Wildman–Crippen MR) is 76.6 cm³/mol. The smallest absolute Gasteiger partial charge is 0.389 e. The second kappa shape index (κ2) is 9.53. The minimum absolute atomic E-state index is 0.216. The van der Waals surface area contributed by atoms with E-state index in [9.17, 15) is 13.2 Å². The minimum Gasteiger partial charge on any atom is -0.508 e. The number of ether oxygens (including phenoxy) is 1. The van der Waals surface area contributed by atoms with Gasteiger partial charge in [-0.2, -0.15) is 13.2 Å². The summed E-state index contributed by atoms with van der Waals surface area (Å²) in [5.74, 6) is 0.952. The van der Waals surface area contributed by atoms with Gasteiger partial charge >= 0.3 is 6.18 Å². The molecule has 21 heavy (non-hydrogen) atoms. The highest BCUT2D eigenvalue weighted by molar-refractivity contribution is 5.29. The number of hydrogen-bond acceptors (Lipinski definition) is 2. The lowest BCUT2D eigenvalue weighted by atomic mass is 10.1. The van der Waals surface area contributed by atoms with Crippen molar-refractivity contribution < 1.29 is 23.0 Å². The number of halogens is 3. The number of unbranched alkanes of at least 4 members (excludes halogenated alkanes) is 6. The summed E-state index contributed by atoms with van der Waals surface area (Å²) in [5, 5.41) is 9.11. The number of phenolic OH excluding ortho intramolecular Hbond substituents is 1. The van der Waals surface area contributed by atoms with Crippen molar-refractivity contribution in [2.75, 3.05) is 6.61 Å². The summed E-state index contributed by atoms with van der Waals surface area (Å²) in [6.45, 7) is 0.624. The molecule has 0 unspecified atom stereocenters. The molecule has 0 heterocycles. The van der Waals surface area contributed by atoms with Crippen LogP contribution in [0.15, 0.2) is 24.3 Å². The largest absolute Gasteiger partial charge is 0.508 e. The van der Waals surface area contributed by atoms with E-state index in [2.05, 4.69) is 0 Å². The fourth-order valence-electron chi connectivity index (χ4n) is 2.04. The van der Waals surface area contributed by atoms with Crippen LogP contribution in [0.1, 0.15) is 51.4 Å². The first kappa shape index (κ1) is 17.7. The summed E-state index contributed by atoms with van der Waals surface area (Å²) in [7, 11) is 0. The van der Waals surface area contributed by atoms with Gasteiger partial charge in [-0.25, -0.2) is 0 Å². The van der Waals surface area contributed by atoms with Crippen LogP contribution in [0.3, 0.4) is 0 Å². The Labute approximate surface area is 123 Å². The van der Waals surface area contributed by atoms with E-state index in [0.717, 1.165) is 37.9 Å². The van der Waals surface area contributed by atoms with E-state index >= 15 is 0 Å². The van der Waals surface area contributed by atoms with Crippen molar-refractivity contribution in [3.05, 3.63) is 24.3 Å². The summed E-state index contributed by atoms with van der Waals surface area (Å²) >= 11 is 0. The lowest BCUT2D eigenvalue weighted by molar-refractivity contribution is -0.135. The lowest BCUT2D eigenvalue weighted by Crippen LogP contribution is -2.06. The van der Waals surface area contributed by atoms with Gasteiger partial charge in [-0.15, -0.1) is 0 Å². The predicted octanol–water partition coefficient (Wildman–Crippen LogP) is 5.45. The number of hydrogen-bond donors (Lipinski definition) is 1. The molecule has 0 fully saturated rings. The molecule has 0 aromatic heterocycles. The summed E-state index contributed by atoms with van der Waals surface area (Å²) in [6, 6.07) is 6.60. The lowest BCUT2D eigenvalue weighted by Gasteiger charge is -2.07. The molecule has 0 aliphatic rings. The zero-order valence-electron chi connectivity index (χ0n) is 12.2. The molecular formula is C16H23F3O2. The Morgan fingerprint density at radius 1 is 0.810 bits per heavy atom. The van der Waals surface area contributed by atoms with Crippen molar-refractivity contribution in [2.45, 2.75) is 57.5 Å². The Balaban J connectivity index is 1.88. The van der Waals surface area contributed by atoms with Crippen LogP contribution >= 0.6 is 0 Å². The molecule has 1 rings (SSSR count). The second-order valence-corrected chi connectivity index (χ2v) is 5.18. The summed E-state index contributed by atoms with van der Waals surface area (Å²) in [5.41, 5.74) is 0. The Bertz CT molecular complexity index is 374. The average Bonchev–Trinajstić information content (AvgIpc) is 2.42. The zero-order valence-corrected chi connectivity index (χ0v) is 12.2. The van der Waals surface area contributed by atoms with E-state index in [1.54, 1.807) is 24.3 Å². The number of phenols is 1. The third-order valence-electron chi connectivity index (χ3n) is 3.21. The van der Waals surface area contributed by atoms with Gasteiger partial charge in [0.15, 0.2) is 0 Å². The van der Waals surface area contributed by atoms with Crippen LogP contribution in [-0.4, -0.2) is 17.9 Å². The Morgan fingerprint density at radius 2 is 1.33 bits per heavy atom. The van der Waals surface area contributed by atoms with Crippen molar-refractivity contribution in [3.63, 3.8) is 0 Å². The summed E-state index contributed by atoms with van der Waals surface area (Å²) < 4.78 is 41.2. The van der Waals surface area contributed by atoms with Gasteiger partial charge in [-0.3, -0.25) is 0 Å². The van der Waals surface area contributed by atoms with E-state index < -0.39 is 12.6 Å². The first-order chi connectivity index (χ1) is 9.97. The number of benzene rings is 1. The highest BCUT2D eigenvalue weighted by atomic mass is 19.4. The number of alkyl halides is 3. The second-order valence-electron chi connectivity index (χ2n) is 5.18. The Morgan fingerprint density at radius 3 is 1.90 bits per heavy atom. The highest BCUT2D eigenvalue weighted by Crippen LogP contribution is 2.23. The molecular weight excluding hydrogens is 281 g/mol. The van der Waals surface area contributed by atoms with Crippen molar-refractivity contribution in [1.29, 1.82) is 0 Å². The molecule has 0 spiro atoms. The molecule has 5 heteroatoms. The Kier molecular flexibility index (Phi) is 8.01. The molecule has 0 bridgehead atoms. The van der Waals surface area contributed by atoms with E-state index in [-0.39, 0.29) is 12.2 Å². The maximum Gasteiger partial charge on any atom is 0.389 e. The van der Waals surface area contributed by atoms with E-state index in [1.807, 2.05) is 0 Å². The van der Waals surface area contributed by atoms with Crippen LogP contribution in [0.5, 0.6) is 11.5 Å². The fraction of sp³-hybridized carbons (Fsp3) is 0.625. The van der Waals surface area contributed by atoms with Crippen molar-refractivity contribution in [2.24, 2.45) is 0 Å². The molecule has 0 radical (unpaired) electrons. The standard InChI is InChI=1S/C16H23F3O2/c17-16(18,19)12-6-4-2-1-3-5-7-13-21-15-10-8-14(20)9-11-15/h8-11,20H,1-7,12-13H2. The molecule has 0 saturated heterocycles. The van der Waals surface area contributed by atoms with E-state index in [1.165, 1.54) is 0 Å². The molecule has 1 aromatic carbocycles. The Hall–Kier alpha value is -1.39. The molecule has 2 nitrogen and oxygen atoms in total. The summed E-state index contributed by atoms with van der Waals surface area (Å²) in [6.07, 6.45) is 1.08. The zero-order chi connectivity index (χ0) is 15.6. The number of aromatic hydroxyl groups is 1. The van der Waals surface area contributed by atoms with Crippen LogP contribution in [0, 0.1) is 0 Å². The minimum atomic E-state index is -4.01. The van der Waals surface area contributed by atoms with Crippen LogP contribution < -0.4 is 4.74 Å². The maximum absolute atomic E-state index is 11.9. The van der Waals surface area contributed by atoms with Gasteiger partial charge in [0, 0.05) is 6.42 Å². The molecule has 1 N–H and O–H groups in total. The van der Waals surface area contributed by atoms with Gasteiger partial charge in [-0.05, 0) is 37.1 Å². The fourth-order valence-corrected chi connectivity index (χ4v) is 2.04. The van der Waals surface area contributed by atoms with Crippen molar-refractivity contribution in [1.82, 2.24) is 0 Å². The maximum atomic E-state index is 11.9. The van der Waals surface area contributed by atoms with Crippen LogP contribution in [-0.2, 0) is 0 Å². The molecule has 0 saturated carbocycles. The molecule has 0 aliphatic heterocycles. The van der Waals surface area contributed by atoms with E-state index in [0.29, 0.717) is 13.0 Å². The molecule has 120 valence electrons. The summed E-state index contributed by atoms with van der Waals surface area (Å²) in [4.78, 5) is 0. The van der Waals surface area contributed by atoms with Crippen LogP contribution in [0.25, 0.3) is 0 Å². The van der Waals surface area contributed by atoms with Gasteiger partial charge in [-0.1, -0.05) is 32.1 Å². The topological polar surface area (TPSA) is 29.5 Å². The first-order valence-electron chi connectivity index (χ1n) is 7.46. The van der Waals surface area contributed by atoms with Gasteiger partial charge in [0.2, 0.25) is 0 Å². The highest BCUT2D eigenvalue weighted by Gasteiger charge is 2.25. The monoisotopic (exact) mass is 304 g/mol. The average molecular weight is 304 g/mol. The first-order valence-corrected chi connectivity index (χ1v) is 7.46. The van der Waals surface area contributed by atoms with Gasteiger partial charge in [0.05, 0.1) is 6.61 Å². The molecule has 0 aliphatic carbocycles. The van der Waals surface area contributed by atoms with E-state index in [4.69, 9.17) is 9.84 Å². The number of rotatable bonds is 10. The molecule has 0 amide bonds. The van der Waals surface area contributed by atoms with Gasteiger partial charge in [0.25, 0.3) is 0 Å². The van der Waals surface area contributed by atoms with Crippen LogP contribution in [0.4, 0.5) is 13.2 Å². The van der Waals surface area contributed by atoms with Gasteiger partial charge in [0.1, 0.15) is 11.5 Å². The van der Waals surface area contributed by atoms with Gasteiger partial charge < -0.3 is 9.84 Å².